The third-order valence-electron chi connectivity index (χ3n) is 4.96. The topological polar surface area (TPSA) is 81.8 Å². The number of carbonyl (C=O) groups excluding carboxylic acids is 1. The molecule has 0 aliphatic carbocycles. The summed E-state index contributed by atoms with van der Waals surface area (Å²) in [7, 11) is 0. The maximum Gasteiger partial charge on any atom is 0.273 e. The first-order chi connectivity index (χ1) is 12.5. The molecule has 0 unspecified atom stereocenters. The van der Waals surface area contributed by atoms with Crippen LogP contribution in [0.4, 0.5) is 0 Å². The van der Waals surface area contributed by atoms with Gasteiger partial charge in [0.2, 0.25) is 5.89 Å². The molecule has 1 saturated heterocycles. The Kier molecular flexibility index (Phi) is 8.54. The first kappa shape index (κ1) is 20.9. The van der Waals surface area contributed by atoms with Crippen LogP contribution in [-0.4, -0.2) is 70.7 Å². The Morgan fingerprint density at radius 3 is 2.65 bits per heavy atom. The van der Waals surface area contributed by atoms with Crippen molar-refractivity contribution in [1.29, 1.82) is 0 Å². The second kappa shape index (κ2) is 10.6. The minimum absolute atomic E-state index is 0.128. The molecule has 148 valence electrons. The predicted octanol–water partition coefficient (Wildman–Crippen LogP) is 1.87. The number of carbonyl (C=O) groups is 1. The number of aromatic nitrogens is 1. The number of hydrogen-bond acceptors (Lipinski definition) is 6. The number of nitrogens with one attached hydrogen (secondary N) is 1. The average molecular weight is 367 g/mol. The number of unbranched alkanes of at least 4 members (excludes halogenated alkanes) is 1. The molecule has 2 heterocycles. The molecule has 1 aliphatic heterocycles. The van der Waals surface area contributed by atoms with Crippen molar-refractivity contribution in [3.63, 3.8) is 0 Å². The molecule has 0 radical (unpaired) electrons. The van der Waals surface area contributed by atoms with Gasteiger partial charge in [-0.05, 0) is 19.8 Å². The number of aliphatic hydroxyl groups is 1. The van der Waals surface area contributed by atoms with Gasteiger partial charge in [0.25, 0.3) is 5.91 Å². The minimum Gasteiger partial charge on any atom is -0.447 e. The lowest BCUT2D eigenvalue weighted by atomic mass is 10.1. The van der Waals surface area contributed by atoms with Crippen LogP contribution in [0.1, 0.15) is 62.8 Å². The van der Waals surface area contributed by atoms with E-state index in [1.807, 2.05) is 13.8 Å². The monoisotopic (exact) mass is 366 g/mol. The molecule has 1 aliphatic rings. The molecule has 1 amide bonds. The number of piperazine rings is 1. The summed E-state index contributed by atoms with van der Waals surface area (Å²) >= 11 is 0. The van der Waals surface area contributed by atoms with Gasteiger partial charge in [0.15, 0.2) is 5.69 Å². The molecule has 0 bridgehead atoms. The maximum absolute atomic E-state index is 12.1. The van der Waals surface area contributed by atoms with Crippen molar-refractivity contribution in [2.75, 3.05) is 32.7 Å². The molecule has 1 fully saturated rings. The number of hydrogen-bond donors (Lipinski definition) is 2. The zero-order valence-electron chi connectivity index (χ0n) is 16.4. The molecule has 0 spiro atoms. The Labute approximate surface area is 156 Å². The van der Waals surface area contributed by atoms with Gasteiger partial charge in [0, 0.05) is 38.8 Å². The van der Waals surface area contributed by atoms with E-state index in [0.717, 1.165) is 58.4 Å². The summed E-state index contributed by atoms with van der Waals surface area (Å²) in [6.45, 7) is 11.2. The van der Waals surface area contributed by atoms with Crippen LogP contribution in [0.5, 0.6) is 0 Å². The molecule has 7 nitrogen and oxygen atoms in total. The highest BCUT2D eigenvalue weighted by molar-refractivity contribution is 5.92. The molecular weight excluding hydrogens is 332 g/mol. The number of β-amino-alcohol motifs (C(OH)–C–C–N with tert-alkyl or cyclic N) is 1. The largest absolute Gasteiger partial charge is 0.447 e. The Balaban J connectivity index is 1.73. The van der Waals surface area contributed by atoms with E-state index >= 15 is 0 Å². The van der Waals surface area contributed by atoms with E-state index in [9.17, 15) is 9.90 Å². The molecule has 7 heteroatoms. The fourth-order valence-electron chi connectivity index (χ4n) is 3.04. The van der Waals surface area contributed by atoms with Gasteiger partial charge in [-0.3, -0.25) is 14.6 Å². The van der Waals surface area contributed by atoms with Gasteiger partial charge >= 0.3 is 0 Å². The molecule has 26 heavy (non-hydrogen) atoms. The lowest BCUT2D eigenvalue weighted by Crippen LogP contribution is -2.48. The van der Waals surface area contributed by atoms with E-state index in [0.29, 0.717) is 18.1 Å². The SMILES string of the molecule is CCCC[C@H](O)CN1CCN(Cc2nc(C(=O)N[C@H](C)CC)co2)CC1. The fourth-order valence-corrected chi connectivity index (χ4v) is 3.04. The minimum atomic E-state index is -0.222. The summed E-state index contributed by atoms with van der Waals surface area (Å²) in [4.78, 5) is 21.0. The molecule has 1 aromatic heterocycles. The van der Waals surface area contributed by atoms with Crippen molar-refractivity contribution in [3.05, 3.63) is 17.8 Å². The average Bonchev–Trinajstić information content (AvgIpc) is 3.10. The van der Waals surface area contributed by atoms with Crippen LogP contribution in [0.2, 0.25) is 0 Å². The van der Waals surface area contributed by atoms with E-state index in [4.69, 9.17) is 4.42 Å². The standard InChI is InChI=1S/C19H34N4O3/c1-4-6-7-16(24)12-22-8-10-23(11-9-22)13-18-21-17(14-26-18)19(25)20-15(3)5-2/h14-16,24H,4-13H2,1-3H3,(H,20,25)/t15-,16+/m1/s1. The molecular formula is C19H34N4O3. The zero-order chi connectivity index (χ0) is 18.9. The number of oxazole rings is 1. The first-order valence-corrected chi connectivity index (χ1v) is 9.89. The summed E-state index contributed by atoms with van der Waals surface area (Å²) < 4.78 is 5.47. The Morgan fingerprint density at radius 2 is 2.00 bits per heavy atom. The molecule has 1 aromatic rings. The van der Waals surface area contributed by atoms with Crippen LogP contribution in [0.15, 0.2) is 10.7 Å². The molecule has 0 aromatic carbocycles. The predicted molar refractivity (Wildman–Crippen MR) is 101 cm³/mol. The second-order valence-corrected chi connectivity index (χ2v) is 7.28. The third-order valence-corrected chi connectivity index (χ3v) is 4.96. The summed E-state index contributed by atoms with van der Waals surface area (Å²) in [6.07, 6.45) is 5.19. The fraction of sp³-hybridized carbons (Fsp3) is 0.789. The van der Waals surface area contributed by atoms with E-state index in [1.54, 1.807) is 0 Å². The highest BCUT2D eigenvalue weighted by Gasteiger charge is 2.21. The van der Waals surface area contributed by atoms with Gasteiger partial charge in [-0.1, -0.05) is 26.7 Å². The first-order valence-electron chi connectivity index (χ1n) is 9.89. The highest BCUT2D eigenvalue weighted by Crippen LogP contribution is 2.11. The maximum atomic E-state index is 12.1. The molecule has 2 N–H and O–H groups in total. The number of amides is 1. The summed E-state index contributed by atoms with van der Waals surface area (Å²) in [6, 6.07) is 0.128. The Bertz CT molecular complexity index is 541. The van der Waals surface area contributed by atoms with Gasteiger partial charge in [0.05, 0.1) is 12.6 Å². The van der Waals surface area contributed by atoms with Crippen molar-refractivity contribution in [3.8, 4) is 0 Å². The van der Waals surface area contributed by atoms with Crippen LogP contribution in [-0.2, 0) is 6.54 Å². The van der Waals surface area contributed by atoms with Crippen LogP contribution in [0.3, 0.4) is 0 Å². The van der Waals surface area contributed by atoms with Crippen LogP contribution < -0.4 is 5.32 Å². The quantitative estimate of drug-likeness (QED) is 0.658. The lowest BCUT2D eigenvalue weighted by molar-refractivity contribution is 0.0627. The van der Waals surface area contributed by atoms with Crippen molar-refractivity contribution in [2.45, 2.75) is 65.1 Å². The van der Waals surface area contributed by atoms with Gasteiger partial charge in [0.1, 0.15) is 6.26 Å². The van der Waals surface area contributed by atoms with Gasteiger partial charge in [-0.15, -0.1) is 0 Å². The summed E-state index contributed by atoms with van der Waals surface area (Å²) in [5.74, 6) is 0.399. The van der Waals surface area contributed by atoms with Gasteiger partial charge in [-0.2, -0.15) is 0 Å². The number of nitrogens with zero attached hydrogens (tertiary/aromatic N) is 3. The van der Waals surface area contributed by atoms with Crippen molar-refractivity contribution < 1.29 is 14.3 Å². The van der Waals surface area contributed by atoms with Gasteiger partial charge in [-0.25, -0.2) is 4.98 Å². The Morgan fingerprint density at radius 1 is 1.31 bits per heavy atom. The molecule has 0 saturated carbocycles. The molecule has 2 rings (SSSR count). The second-order valence-electron chi connectivity index (χ2n) is 7.28. The van der Waals surface area contributed by atoms with Crippen molar-refractivity contribution in [2.24, 2.45) is 0 Å². The van der Waals surface area contributed by atoms with Crippen LogP contribution in [0, 0.1) is 0 Å². The summed E-state index contributed by atoms with van der Waals surface area (Å²) in [5.41, 5.74) is 0.345. The van der Waals surface area contributed by atoms with E-state index in [1.165, 1.54) is 6.26 Å². The Hall–Kier alpha value is -1.44. The lowest BCUT2D eigenvalue weighted by Gasteiger charge is -2.35. The number of rotatable bonds is 10. The van der Waals surface area contributed by atoms with Crippen molar-refractivity contribution in [1.82, 2.24) is 20.1 Å². The third kappa shape index (κ3) is 6.70. The van der Waals surface area contributed by atoms with E-state index in [-0.39, 0.29) is 18.1 Å². The van der Waals surface area contributed by atoms with Crippen molar-refractivity contribution >= 4 is 5.91 Å². The summed E-state index contributed by atoms with van der Waals surface area (Å²) in [5, 5.41) is 12.9. The van der Waals surface area contributed by atoms with E-state index in [2.05, 4.69) is 27.0 Å². The smallest absolute Gasteiger partial charge is 0.273 e. The zero-order valence-corrected chi connectivity index (χ0v) is 16.4. The molecule has 2 atom stereocenters. The normalized spacial score (nSPS) is 18.6. The highest BCUT2D eigenvalue weighted by atomic mass is 16.3. The van der Waals surface area contributed by atoms with E-state index < -0.39 is 0 Å². The van der Waals surface area contributed by atoms with Crippen LogP contribution in [0.25, 0.3) is 0 Å². The van der Waals surface area contributed by atoms with Gasteiger partial charge < -0.3 is 14.8 Å². The number of aliphatic hydroxyl groups excluding tert-OH is 1. The van der Waals surface area contributed by atoms with Crippen LogP contribution >= 0.6 is 0 Å².